The Labute approximate surface area is 181 Å². The first kappa shape index (κ1) is 25.0. The van der Waals surface area contributed by atoms with Gasteiger partial charge in [0.15, 0.2) is 5.96 Å². The second-order valence-corrected chi connectivity index (χ2v) is 6.89. The average Bonchev–Trinajstić information content (AvgIpc) is 2.65. The summed E-state index contributed by atoms with van der Waals surface area (Å²) in [4.78, 5) is 4.03. The second kappa shape index (κ2) is 11.8. The minimum Gasteiger partial charge on any atom is -0.381 e. The maximum Gasteiger partial charge on any atom is 0.390 e. The zero-order valence-electron chi connectivity index (χ0n) is 16.3. The van der Waals surface area contributed by atoms with Gasteiger partial charge < -0.3 is 20.7 Å². The summed E-state index contributed by atoms with van der Waals surface area (Å²) in [6.07, 6.45) is -3.44. The van der Waals surface area contributed by atoms with Crippen molar-refractivity contribution in [3.63, 3.8) is 0 Å². The van der Waals surface area contributed by atoms with Gasteiger partial charge in [-0.15, -0.1) is 24.0 Å². The van der Waals surface area contributed by atoms with E-state index in [1.165, 1.54) is 5.56 Å². The first-order valence-corrected chi connectivity index (χ1v) is 9.25. The predicted octanol–water partition coefficient (Wildman–Crippen LogP) is 3.62. The largest absolute Gasteiger partial charge is 0.390 e. The van der Waals surface area contributed by atoms with Crippen molar-refractivity contribution >= 4 is 29.9 Å². The van der Waals surface area contributed by atoms with E-state index in [4.69, 9.17) is 4.74 Å². The Morgan fingerprint density at radius 1 is 1.18 bits per heavy atom. The third-order valence-electron chi connectivity index (χ3n) is 4.79. The lowest BCUT2D eigenvalue weighted by atomic mass is 9.88. The summed E-state index contributed by atoms with van der Waals surface area (Å²) in [5.41, 5.74) is 0.978. The molecule has 0 spiro atoms. The Hall–Kier alpha value is -1.07. The van der Waals surface area contributed by atoms with Crippen molar-refractivity contribution in [1.29, 1.82) is 0 Å². The maximum absolute atomic E-state index is 12.3. The van der Waals surface area contributed by atoms with Gasteiger partial charge in [0.05, 0.1) is 6.42 Å². The minimum absolute atomic E-state index is 0. The minimum atomic E-state index is -4.18. The Bertz CT molecular complexity index is 593. The number of nitrogens with zero attached hydrogens (tertiary/aromatic N) is 1. The number of nitrogens with one attached hydrogen (secondary N) is 3. The second-order valence-electron chi connectivity index (χ2n) is 6.89. The van der Waals surface area contributed by atoms with Gasteiger partial charge in [0.25, 0.3) is 0 Å². The molecule has 5 nitrogen and oxygen atoms in total. The maximum atomic E-state index is 12.3. The smallest absolute Gasteiger partial charge is 0.381 e. The molecular formula is C19H30F3IN4O. The molecule has 9 heteroatoms. The van der Waals surface area contributed by atoms with E-state index < -0.39 is 12.6 Å². The van der Waals surface area contributed by atoms with Crippen LogP contribution in [-0.2, 0) is 4.74 Å². The highest BCUT2D eigenvalue weighted by Gasteiger charge is 2.34. The topological polar surface area (TPSA) is 57.7 Å². The van der Waals surface area contributed by atoms with Gasteiger partial charge in [0, 0.05) is 44.9 Å². The van der Waals surface area contributed by atoms with Crippen molar-refractivity contribution < 1.29 is 17.9 Å². The molecule has 3 N–H and O–H groups in total. The van der Waals surface area contributed by atoms with Crippen LogP contribution in [-0.4, -0.2) is 51.0 Å². The Kier molecular flexibility index (Phi) is 10.5. The number of alkyl halides is 3. The Morgan fingerprint density at radius 2 is 1.82 bits per heavy atom. The molecule has 1 heterocycles. The van der Waals surface area contributed by atoms with Crippen molar-refractivity contribution in [2.24, 2.45) is 4.99 Å². The predicted molar refractivity (Wildman–Crippen MR) is 116 cm³/mol. The van der Waals surface area contributed by atoms with E-state index in [1.54, 1.807) is 7.05 Å². The molecule has 160 valence electrons. The van der Waals surface area contributed by atoms with Crippen LogP contribution in [0.2, 0.25) is 0 Å². The molecule has 1 aromatic rings. The van der Waals surface area contributed by atoms with Crippen LogP contribution in [0.1, 0.15) is 37.8 Å². The number of aliphatic imine (C=N–C) groups is 1. The number of guanidine groups is 1. The molecule has 1 atom stereocenters. The van der Waals surface area contributed by atoms with Gasteiger partial charge in [-0.3, -0.25) is 4.99 Å². The molecule has 1 aromatic carbocycles. The monoisotopic (exact) mass is 514 g/mol. The van der Waals surface area contributed by atoms with E-state index in [-0.39, 0.29) is 42.1 Å². The van der Waals surface area contributed by atoms with Crippen molar-refractivity contribution in [1.82, 2.24) is 16.0 Å². The number of ether oxygens (including phenoxy) is 1. The zero-order chi connectivity index (χ0) is 19.8. The van der Waals surface area contributed by atoms with Gasteiger partial charge in [0.1, 0.15) is 0 Å². The first-order chi connectivity index (χ1) is 12.8. The third-order valence-corrected chi connectivity index (χ3v) is 4.79. The van der Waals surface area contributed by atoms with E-state index in [0.29, 0.717) is 25.7 Å². The van der Waals surface area contributed by atoms with Gasteiger partial charge in [0.2, 0.25) is 0 Å². The summed E-state index contributed by atoms with van der Waals surface area (Å²) in [7, 11) is 1.56. The van der Waals surface area contributed by atoms with Gasteiger partial charge in [-0.05, 0) is 25.3 Å². The molecule has 1 fully saturated rings. The lowest BCUT2D eigenvalue weighted by Crippen LogP contribution is -2.58. The van der Waals surface area contributed by atoms with Gasteiger partial charge in [-0.1, -0.05) is 30.3 Å². The molecule has 0 bridgehead atoms. The van der Waals surface area contributed by atoms with Crippen LogP contribution >= 0.6 is 24.0 Å². The van der Waals surface area contributed by atoms with Crippen molar-refractivity contribution in [2.45, 2.75) is 43.9 Å². The van der Waals surface area contributed by atoms with Crippen LogP contribution in [0.25, 0.3) is 0 Å². The third kappa shape index (κ3) is 8.52. The summed E-state index contributed by atoms with van der Waals surface area (Å²) in [6.45, 7) is 3.77. The molecule has 0 radical (unpaired) electrons. The highest BCUT2D eigenvalue weighted by Crippen LogP contribution is 2.25. The fourth-order valence-electron chi connectivity index (χ4n) is 3.21. The van der Waals surface area contributed by atoms with Gasteiger partial charge in [-0.25, -0.2) is 0 Å². The molecule has 0 amide bonds. The molecule has 1 saturated heterocycles. The molecule has 1 aliphatic rings. The number of benzene rings is 1. The van der Waals surface area contributed by atoms with Crippen LogP contribution in [0.3, 0.4) is 0 Å². The average molecular weight is 514 g/mol. The quantitative estimate of drug-likeness (QED) is 0.296. The fraction of sp³-hybridized carbons (Fsp3) is 0.632. The Morgan fingerprint density at radius 3 is 2.39 bits per heavy atom. The highest BCUT2D eigenvalue weighted by molar-refractivity contribution is 14.0. The first-order valence-electron chi connectivity index (χ1n) is 9.25. The molecule has 0 aromatic heterocycles. The number of hydrogen-bond acceptors (Lipinski definition) is 3. The standard InChI is InChI=1S/C19H29F3N4O.HI/c1-15(16-6-4-3-5-7-16)26-18(9-12-27-13-10-18)14-25-17(23-2)24-11-8-19(20,21)22;/h3-7,15,26H,8-14H2,1-2H3,(H2,23,24,25);1H. The summed E-state index contributed by atoms with van der Waals surface area (Å²) < 4.78 is 42.5. The van der Waals surface area contributed by atoms with Crippen LogP contribution in [0.5, 0.6) is 0 Å². The lowest BCUT2D eigenvalue weighted by molar-refractivity contribution is -0.132. The van der Waals surface area contributed by atoms with Crippen molar-refractivity contribution in [3.05, 3.63) is 35.9 Å². The molecule has 0 aliphatic carbocycles. The van der Waals surface area contributed by atoms with E-state index in [0.717, 1.165) is 12.8 Å². The molecule has 1 aliphatic heterocycles. The van der Waals surface area contributed by atoms with E-state index in [1.807, 2.05) is 18.2 Å². The van der Waals surface area contributed by atoms with Crippen LogP contribution in [0.4, 0.5) is 13.2 Å². The van der Waals surface area contributed by atoms with Crippen molar-refractivity contribution in [2.75, 3.05) is 33.4 Å². The van der Waals surface area contributed by atoms with Crippen LogP contribution in [0, 0.1) is 0 Å². The normalized spacial score (nSPS) is 18.1. The van der Waals surface area contributed by atoms with E-state index in [2.05, 4.69) is 40.0 Å². The summed E-state index contributed by atoms with van der Waals surface area (Å²) in [5.74, 6) is 0.374. The fourth-order valence-corrected chi connectivity index (χ4v) is 3.21. The van der Waals surface area contributed by atoms with Gasteiger partial charge >= 0.3 is 6.18 Å². The van der Waals surface area contributed by atoms with Gasteiger partial charge in [-0.2, -0.15) is 13.2 Å². The molecule has 0 saturated carbocycles. The number of hydrogen-bond donors (Lipinski definition) is 3. The molecular weight excluding hydrogens is 484 g/mol. The highest BCUT2D eigenvalue weighted by atomic mass is 127. The summed E-state index contributed by atoms with van der Waals surface area (Å²) in [5, 5.41) is 9.61. The van der Waals surface area contributed by atoms with Crippen LogP contribution in [0.15, 0.2) is 35.3 Å². The molecule has 2 rings (SSSR count). The number of halogens is 4. The van der Waals surface area contributed by atoms with E-state index >= 15 is 0 Å². The zero-order valence-corrected chi connectivity index (χ0v) is 18.6. The molecule has 1 unspecified atom stereocenters. The van der Waals surface area contributed by atoms with Crippen LogP contribution < -0.4 is 16.0 Å². The summed E-state index contributed by atoms with van der Waals surface area (Å²) in [6, 6.07) is 10.3. The lowest BCUT2D eigenvalue weighted by Gasteiger charge is -2.41. The van der Waals surface area contributed by atoms with Crippen molar-refractivity contribution in [3.8, 4) is 0 Å². The van der Waals surface area contributed by atoms with E-state index in [9.17, 15) is 13.2 Å². The summed E-state index contributed by atoms with van der Waals surface area (Å²) >= 11 is 0. The Balaban J connectivity index is 0.00000392. The molecule has 28 heavy (non-hydrogen) atoms. The SMILES string of the molecule is CN=C(NCCC(F)(F)F)NCC1(NC(C)c2ccccc2)CCOCC1.I. The number of rotatable bonds is 7.